The number of aromatic nitrogens is 3. The van der Waals surface area contributed by atoms with Crippen molar-refractivity contribution in [3.63, 3.8) is 0 Å². The lowest BCUT2D eigenvalue weighted by molar-refractivity contribution is -0.116. The lowest BCUT2D eigenvalue weighted by atomic mass is 10.1. The number of nitrogens with two attached hydrogens (primary N) is 1. The lowest BCUT2D eigenvalue weighted by Crippen LogP contribution is -2.19. The number of anilines is 2. The normalized spacial score (nSPS) is 10.3. The Hall–Kier alpha value is -2.37. The third-order valence-corrected chi connectivity index (χ3v) is 2.37. The van der Waals surface area contributed by atoms with E-state index in [0.717, 1.165) is 16.8 Å². The summed E-state index contributed by atoms with van der Waals surface area (Å²) in [6.45, 7) is 4.07. The van der Waals surface area contributed by atoms with Crippen LogP contribution in [-0.2, 0) is 11.3 Å². The Morgan fingerprint density at radius 1 is 1.33 bits per heavy atom. The van der Waals surface area contributed by atoms with Crippen LogP contribution in [0.3, 0.4) is 0 Å². The number of nitrogens with one attached hydrogen (secondary N) is 1. The highest BCUT2D eigenvalue weighted by atomic mass is 16.2. The van der Waals surface area contributed by atoms with Gasteiger partial charge in [0.15, 0.2) is 0 Å². The Kier molecular flexibility index (Phi) is 3.27. The van der Waals surface area contributed by atoms with Crippen LogP contribution in [0.15, 0.2) is 24.5 Å². The SMILES string of the molecule is Cc1cc(C)cc(NC(=O)Cn2cnc(N)n2)c1. The molecule has 0 aliphatic heterocycles. The van der Waals surface area contributed by atoms with Crippen LogP contribution in [0.25, 0.3) is 0 Å². The Morgan fingerprint density at radius 3 is 2.56 bits per heavy atom. The molecule has 3 N–H and O–H groups in total. The minimum Gasteiger partial charge on any atom is -0.367 e. The fraction of sp³-hybridized carbons (Fsp3) is 0.250. The molecule has 18 heavy (non-hydrogen) atoms. The largest absolute Gasteiger partial charge is 0.367 e. The number of nitrogen functional groups attached to an aromatic ring is 1. The van der Waals surface area contributed by atoms with Gasteiger partial charge in [0.1, 0.15) is 12.9 Å². The van der Waals surface area contributed by atoms with Gasteiger partial charge in [-0.25, -0.2) is 9.67 Å². The molecule has 6 nitrogen and oxygen atoms in total. The number of carbonyl (C=O) groups excluding carboxylic acids is 1. The molecule has 94 valence electrons. The number of nitrogens with zero attached hydrogens (tertiary/aromatic N) is 3. The van der Waals surface area contributed by atoms with Crippen LogP contribution in [0.4, 0.5) is 11.6 Å². The fourth-order valence-electron chi connectivity index (χ4n) is 1.78. The zero-order valence-electron chi connectivity index (χ0n) is 10.3. The quantitative estimate of drug-likeness (QED) is 0.848. The van der Waals surface area contributed by atoms with E-state index in [1.54, 1.807) is 0 Å². The molecule has 1 heterocycles. The van der Waals surface area contributed by atoms with E-state index < -0.39 is 0 Å². The Labute approximate surface area is 105 Å². The van der Waals surface area contributed by atoms with Crippen molar-refractivity contribution in [3.8, 4) is 0 Å². The molecular formula is C12H15N5O. The van der Waals surface area contributed by atoms with E-state index in [9.17, 15) is 4.79 Å². The zero-order chi connectivity index (χ0) is 13.1. The maximum Gasteiger partial charge on any atom is 0.246 e. The fourth-order valence-corrected chi connectivity index (χ4v) is 1.78. The molecule has 1 aromatic carbocycles. The van der Waals surface area contributed by atoms with Crippen molar-refractivity contribution in [2.75, 3.05) is 11.1 Å². The first-order valence-electron chi connectivity index (χ1n) is 5.56. The number of rotatable bonds is 3. The first kappa shape index (κ1) is 12.1. The number of aryl methyl sites for hydroxylation is 2. The monoisotopic (exact) mass is 245 g/mol. The van der Waals surface area contributed by atoms with E-state index in [4.69, 9.17) is 5.73 Å². The minimum absolute atomic E-state index is 0.0944. The van der Waals surface area contributed by atoms with Crippen LogP contribution >= 0.6 is 0 Å². The van der Waals surface area contributed by atoms with Crippen LogP contribution < -0.4 is 11.1 Å². The van der Waals surface area contributed by atoms with Crippen LogP contribution in [0, 0.1) is 13.8 Å². The third-order valence-electron chi connectivity index (χ3n) is 2.37. The molecule has 0 unspecified atom stereocenters. The molecule has 1 amide bonds. The smallest absolute Gasteiger partial charge is 0.246 e. The van der Waals surface area contributed by atoms with Crippen molar-refractivity contribution in [1.82, 2.24) is 14.8 Å². The summed E-state index contributed by atoms with van der Waals surface area (Å²) >= 11 is 0. The molecule has 0 atom stereocenters. The average Bonchev–Trinajstić information content (AvgIpc) is 2.61. The van der Waals surface area contributed by atoms with Crippen molar-refractivity contribution in [2.24, 2.45) is 0 Å². The summed E-state index contributed by atoms with van der Waals surface area (Å²) in [6, 6.07) is 5.88. The molecule has 0 aliphatic carbocycles. The molecule has 0 saturated heterocycles. The van der Waals surface area contributed by atoms with Gasteiger partial charge in [0.05, 0.1) is 0 Å². The molecule has 6 heteroatoms. The van der Waals surface area contributed by atoms with E-state index in [1.807, 2.05) is 32.0 Å². The molecule has 2 rings (SSSR count). The second-order valence-electron chi connectivity index (χ2n) is 4.22. The molecular weight excluding hydrogens is 230 g/mol. The van der Waals surface area contributed by atoms with Gasteiger partial charge in [-0.05, 0) is 37.1 Å². The van der Waals surface area contributed by atoms with Crippen LogP contribution in [-0.4, -0.2) is 20.7 Å². The Morgan fingerprint density at radius 2 is 2.00 bits per heavy atom. The minimum atomic E-state index is -0.162. The summed E-state index contributed by atoms with van der Waals surface area (Å²) in [4.78, 5) is 15.5. The molecule has 0 saturated carbocycles. The first-order valence-corrected chi connectivity index (χ1v) is 5.56. The molecule has 2 aromatic rings. The molecule has 0 fully saturated rings. The number of hydrogen-bond acceptors (Lipinski definition) is 4. The van der Waals surface area contributed by atoms with Crippen LogP contribution in [0.5, 0.6) is 0 Å². The Balaban J connectivity index is 2.02. The van der Waals surface area contributed by atoms with Gasteiger partial charge < -0.3 is 11.1 Å². The molecule has 0 radical (unpaired) electrons. The zero-order valence-corrected chi connectivity index (χ0v) is 10.3. The van der Waals surface area contributed by atoms with Crippen molar-refractivity contribution < 1.29 is 4.79 Å². The highest BCUT2D eigenvalue weighted by Crippen LogP contribution is 2.13. The van der Waals surface area contributed by atoms with Crippen LogP contribution in [0.2, 0.25) is 0 Å². The van der Waals surface area contributed by atoms with E-state index in [-0.39, 0.29) is 18.4 Å². The topological polar surface area (TPSA) is 85.8 Å². The van der Waals surface area contributed by atoms with Crippen molar-refractivity contribution in [3.05, 3.63) is 35.7 Å². The van der Waals surface area contributed by atoms with E-state index in [0.29, 0.717) is 0 Å². The number of benzene rings is 1. The van der Waals surface area contributed by atoms with Gasteiger partial charge in [0.2, 0.25) is 11.9 Å². The molecule has 1 aromatic heterocycles. The van der Waals surface area contributed by atoms with Crippen molar-refractivity contribution in [2.45, 2.75) is 20.4 Å². The van der Waals surface area contributed by atoms with Gasteiger partial charge in [-0.2, -0.15) is 0 Å². The standard InChI is InChI=1S/C12H15N5O/c1-8-3-9(2)5-10(4-8)15-11(18)6-17-7-14-12(13)16-17/h3-5,7H,6H2,1-2H3,(H2,13,16)(H,15,18). The number of amides is 1. The van der Waals surface area contributed by atoms with E-state index >= 15 is 0 Å². The summed E-state index contributed by atoms with van der Waals surface area (Å²) in [5.41, 5.74) is 8.37. The summed E-state index contributed by atoms with van der Waals surface area (Å²) in [5, 5.41) is 6.66. The number of carbonyl (C=O) groups is 1. The van der Waals surface area contributed by atoms with Crippen LogP contribution in [0.1, 0.15) is 11.1 Å². The summed E-state index contributed by atoms with van der Waals surface area (Å²) < 4.78 is 1.40. The highest BCUT2D eigenvalue weighted by Gasteiger charge is 2.05. The molecule has 0 aliphatic rings. The summed E-state index contributed by atoms with van der Waals surface area (Å²) in [6.07, 6.45) is 1.43. The predicted octanol–water partition coefficient (Wildman–Crippen LogP) is 1.12. The second kappa shape index (κ2) is 4.87. The van der Waals surface area contributed by atoms with E-state index in [1.165, 1.54) is 11.0 Å². The van der Waals surface area contributed by atoms with Gasteiger partial charge in [0.25, 0.3) is 0 Å². The lowest BCUT2D eigenvalue weighted by Gasteiger charge is -2.07. The number of hydrogen-bond donors (Lipinski definition) is 2. The van der Waals surface area contributed by atoms with Gasteiger partial charge in [-0.15, -0.1) is 5.10 Å². The third kappa shape index (κ3) is 3.07. The van der Waals surface area contributed by atoms with Crippen molar-refractivity contribution in [1.29, 1.82) is 0 Å². The van der Waals surface area contributed by atoms with Gasteiger partial charge in [-0.3, -0.25) is 4.79 Å². The first-order chi connectivity index (χ1) is 8.52. The van der Waals surface area contributed by atoms with Crippen molar-refractivity contribution >= 4 is 17.5 Å². The maximum absolute atomic E-state index is 11.8. The second-order valence-corrected chi connectivity index (χ2v) is 4.22. The molecule has 0 bridgehead atoms. The van der Waals surface area contributed by atoms with Gasteiger partial charge in [-0.1, -0.05) is 6.07 Å². The summed E-state index contributed by atoms with van der Waals surface area (Å²) in [5.74, 6) is -0.000833. The predicted molar refractivity (Wildman–Crippen MR) is 69.0 cm³/mol. The van der Waals surface area contributed by atoms with Gasteiger partial charge >= 0.3 is 0 Å². The average molecular weight is 245 g/mol. The van der Waals surface area contributed by atoms with Gasteiger partial charge in [0, 0.05) is 5.69 Å². The van der Waals surface area contributed by atoms with E-state index in [2.05, 4.69) is 15.4 Å². The summed E-state index contributed by atoms with van der Waals surface area (Å²) in [7, 11) is 0. The molecule has 0 spiro atoms. The Bertz CT molecular complexity index is 555. The maximum atomic E-state index is 11.8. The highest BCUT2D eigenvalue weighted by molar-refractivity contribution is 5.90.